The van der Waals surface area contributed by atoms with Crippen LogP contribution in [0, 0.1) is 11.3 Å². The number of nitriles is 1. The summed E-state index contributed by atoms with van der Waals surface area (Å²) in [5, 5.41) is 8.56. The van der Waals surface area contributed by atoms with Gasteiger partial charge >= 0.3 is 6.36 Å². The van der Waals surface area contributed by atoms with Crippen molar-refractivity contribution in [1.29, 1.82) is 5.26 Å². The lowest BCUT2D eigenvalue weighted by molar-refractivity contribution is -0.274. The van der Waals surface area contributed by atoms with Gasteiger partial charge in [0.25, 0.3) is 0 Å². The molecule has 0 aliphatic heterocycles. The van der Waals surface area contributed by atoms with Gasteiger partial charge in [-0.1, -0.05) is 24.3 Å². The fraction of sp³-hybridized carbons (Fsp3) is 0.238. The predicted octanol–water partition coefficient (Wildman–Crippen LogP) is 5.64. The van der Waals surface area contributed by atoms with Crippen molar-refractivity contribution in [3.63, 3.8) is 0 Å². The molecule has 0 heterocycles. The molecule has 2 rings (SSSR count). The Morgan fingerprint density at radius 1 is 1.14 bits per heavy atom. The van der Waals surface area contributed by atoms with Crippen LogP contribution in [0.5, 0.6) is 11.5 Å². The average molecular weight is 389 g/mol. The van der Waals surface area contributed by atoms with Gasteiger partial charge in [0.2, 0.25) is 0 Å². The predicted molar refractivity (Wildman–Crippen MR) is 98.8 cm³/mol. The van der Waals surface area contributed by atoms with Crippen LogP contribution in [0.15, 0.2) is 42.5 Å². The molecule has 7 heteroatoms. The van der Waals surface area contributed by atoms with Gasteiger partial charge in [-0.25, -0.2) is 0 Å². The van der Waals surface area contributed by atoms with Crippen molar-refractivity contribution in [2.24, 2.45) is 0 Å². The first-order chi connectivity index (χ1) is 13.3. The number of hydrogen-bond donors (Lipinski definition) is 0. The van der Waals surface area contributed by atoms with E-state index in [9.17, 15) is 18.0 Å². The molecule has 4 nitrogen and oxygen atoms in total. The maximum absolute atomic E-state index is 12.2. The van der Waals surface area contributed by atoms with E-state index in [0.717, 1.165) is 0 Å². The van der Waals surface area contributed by atoms with Crippen LogP contribution < -0.4 is 9.47 Å². The summed E-state index contributed by atoms with van der Waals surface area (Å²) in [6.45, 7) is 0. The quantitative estimate of drug-likeness (QED) is 0.333. The number of carbonyl (C=O) groups excluding carboxylic acids is 1. The Labute approximate surface area is 160 Å². The van der Waals surface area contributed by atoms with Gasteiger partial charge in [-0.3, -0.25) is 4.79 Å². The first kappa shape index (κ1) is 21.0. The second kappa shape index (κ2) is 9.60. The van der Waals surface area contributed by atoms with Crippen LogP contribution in [-0.2, 0) is 0 Å². The molecule has 0 aliphatic rings. The second-order valence-corrected chi connectivity index (χ2v) is 5.84. The lowest BCUT2D eigenvalue weighted by atomic mass is 10.0. The molecule has 0 radical (unpaired) electrons. The molecule has 0 unspecified atom stereocenters. The molecule has 28 heavy (non-hydrogen) atoms. The van der Waals surface area contributed by atoms with Crippen molar-refractivity contribution < 1.29 is 27.4 Å². The van der Waals surface area contributed by atoms with Crippen molar-refractivity contribution >= 4 is 17.9 Å². The molecular formula is C21H18F3NO3. The van der Waals surface area contributed by atoms with Crippen LogP contribution in [0.1, 0.15) is 40.7 Å². The number of Topliss-reactive ketones (excluding diaryl/α,β-unsaturated/α-hetero) is 1. The lowest BCUT2D eigenvalue weighted by Crippen LogP contribution is -2.16. The number of methoxy groups -OCH3 is 1. The average Bonchev–Trinajstić information content (AvgIpc) is 2.66. The molecule has 2 aromatic carbocycles. The number of hydrogen-bond acceptors (Lipinski definition) is 4. The Morgan fingerprint density at radius 3 is 2.46 bits per heavy atom. The summed E-state index contributed by atoms with van der Waals surface area (Å²) in [6, 6.07) is 12.4. The topological polar surface area (TPSA) is 59.3 Å². The minimum atomic E-state index is -4.73. The maximum atomic E-state index is 12.2. The summed E-state index contributed by atoms with van der Waals surface area (Å²) < 4.78 is 45.7. The molecule has 0 N–H and O–H groups in total. The summed E-state index contributed by atoms with van der Waals surface area (Å²) in [6.07, 6.45) is -0.222. The van der Waals surface area contributed by atoms with E-state index >= 15 is 0 Å². The summed E-state index contributed by atoms with van der Waals surface area (Å²) in [4.78, 5) is 12.2. The number of benzene rings is 2. The molecule has 0 fully saturated rings. The molecule has 0 bridgehead atoms. The van der Waals surface area contributed by atoms with E-state index in [1.165, 1.54) is 31.4 Å². The van der Waals surface area contributed by atoms with Crippen LogP contribution in [0.3, 0.4) is 0 Å². The van der Waals surface area contributed by atoms with Gasteiger partial charge in [-0.05, 0) is 42.3 Å². The molecule has 0 spiro atoms. The number of alkyl halides is 3. The number of ether oxygens (including phenoxy) is 2. The van der Waals surface area contributed by atoms with E-state index in [2.05, 4.69) is 4.74 Å². The third kappa shape index (κ3) is 6.47. The molecule has 0 aromatic heterocycles. The fourth-order valence-corrected chi connectivity index (χ4v) is 2.48. The van der Waals surface area contributed by atoms with Crippen LogP contribution in [0.2, 0.25) is 0 Å². The Kier molecular flexibility index (Phi) is 7.21. The molecule has 0 aliphatic carbocycles. The third-order valence-electron chi connectivity index (χ3n) is 3.81. The summed E-state index contributed by atoms with van der Waals surface area (Å²) in [5.41, 5.74) is 1.82. The highest BCUT2D eigenvalue weighted by Gasteiger charge is 2.30. The first-order valence-electron chi connectivity index (χ1n) is 8.44. The van der Waals surface area contributed by atoms with E-state index in [-0.39, 0.29) is 18.0 Å². The summed E-state index contributed by atoms with van der Waals surface area (Å²) in [5.74, 6) is 0.190. The summed E-state index contributed by atoms with van der Waals surface area (Å²) >= 11 is 0. The Balaban J connectivity index is 2.16. The van der Waals surface area contributed by atoms with Crippen molar-refractivity contribution in [3.8, 4) is 17.6 Å². The Morgan fingerprint density at radius 2 is 1.86 bits per heavy atom. The highest BCUT2D eigenvalue weighted by molar-refractivity contribution is 5.97. The zero-order valence-electron chi connectivity index (χ0n) is 15.1. The number of halogens is 3. The minimum absolute atomic E-state index is 0.0683. The zero-order chi connectivity index (χ0) is 20.6. The van der Waals surface area contributed by atoms with Gasteiger partial charge in [0.05, 0.1) is 13.2 Å². The van der Waals surface area contributed by atoms with Gasteiger partial charge in [-0.2, -0.15) is 5.26 Å². The zero-order valence-corrected chi connectivity index (χ0v) is 15.1. The van der Waals surface area contributed by atoms with E-state index in [1.807, 2.05) is 6.07 Å². The number of nitrogens with zero attached hydrogens (tertiary/aromatic N) is 1. The molecule has 2 aromatic rings. The Bertz CT molecular complexity index is 881. The minimum Gasteiger partial charge on any atom is -0.496 e. The number of unbranched alkanes of at least 4 members (excludes halogenated alkanes) is 1. The molecule has 146 valence electrons. The van der Waals surface area contributed by atoms with Gasteiger partial charge < -0.3 is 9.47 Å². The van der Waals surface area contributed by atoms with Crippen molar-refractivity contribution in [2.45, 2.75) is 25.6 Å². The number of carbonyl (C=O) groups is 1. The van der Waals surface area contributed by atoms with E-state index in [1.54, 1.807) is 30.4 Å². The van der Waals surface area contributed by atoms with Crippen LogP contribution in [0.25, 0.3) is 12.2 Å². The fourth-order valence-electron chi connectivity index (χ4n) is 2.48. The van der Waals surface area contributed by atoms with Crippen LogP contribution in [-0.4, -0.2) is 19.3 Å². The maximum Gasteiger partial charge on any atom is 0.573 e. The number of ketones is 1. The van der Waals surface area contributed by atoms with Gasteiger partial charge in [0, 0.05) is 24.0 Å². The van der Waals surface area contributed by atoms with E-state index < -0.39 is 6.36 Å². The SMILES string of the molecule is COc1ccc(C(=O)CCCC#N)cc1/C=C/c1ccc(OC(F)(F)F)cc1. The molecule has 0 saturated heterocycles. The van der Waals surface area contributed by atoms with Crippen LogP contribution >= 0.6 is 0 Å². The first-order valence-corrected chi connectivity index (χ1v) is 8.44. The molecular weight excluding hydrogens is 371 g/mol. The summed E-state index contributed by atoms with van der Waals surface area (Å²) in [7, 11) is 1.50. The van der Waals surface area contributed by atoms with Gasteiger partial charge in [-0.15, -0.1) is 13.2 Å². The molecule has 0 saturated carbocycles. The lowest BCUT2D eigenvalue weighted by Gasteiger charge is -2.09. The standard InChI is InChI=1S/C21H18F3NO3/c1-27-20-12-9-16(19(26)4-2-3-13-25)14-17(20)8-5-15-6-10-18(11-7-15)28-21(22,23)24/h5-12,14H,2-4H2,1H3/b8-5+. The Hall–Kier alpha value is -3.27. The third-order valence-corrected chi connectivity index (χ3v) is 3.81. The number of rotatable bonds is 8. The highest BCUT2D eigenvalue weighted by Crippen LogP contribution is 2.25. The largest absolute Gasteiger partial charge is 0.573 e. The van der Waals surface area contributed by atoms with Gasteiger partial charge in [0.1, 0.15) is 11.5 Å². The van der Waals surface area contributed by atoms with Gasteiger partial charge in [0.15, 0.2) is 5.78 Å². The van der Waals surface area contributed by atoms with E-state index in [4.69, 9.17) is 10.00 Å². The monoisotopic (exact) mass is 389 g/mol. The van der Waals surface area contributed by atoms with Crippen molar-refractivity contribution in [3.05, 3.63) is 59.2 Å². The molecule has 0 atom stereocenters. The van der Waals surface area contributed by atoms with Crippen LogP contribution in [0.4, 0.5) is 13.2 Å². The van der Waals surface area contributed by atoms with E-state index in [0.29, 0.717) is 35.3 Å². The normalized spacial score (nSPS) is 11.2. The second-order valence-electron chi connectivity index (χ2n) is 5.84. The van der Waals surface area contributed by atoms with Crippen molar-refractivity contribution in [1.82, 2.24) is 0 Å². The van der Waals surface area contributed by atoms with Crippen molar-refractivity contribution in [2.75, 3.05) is 7.11 Å². The smallest absolute Gasteiger partial charge is 0.496 e. The molecule has 0 amide bonds. The highest BCUT2D eigenvalue weighted by atomic mass is 19.4.